The van der Waals surface area contributed by atoms with Gasteiger partial charge < -0.3 is 9.84 Å². The van der Waals surface area contributed by atoms with E-state index in [1.165, 1.54) is 11.1 Å². The van der Waals surface area contributed by atoms with E-state index < -0.39 is 5.97 Å². The van der Waals surface area contributed by atoms with Crippen LogP contribution in [0.2, 0.25) is 0 Å². The quantitative estimate of drug-likeness (QED) is 0.859. The molecule has 4 nitrogen and oxygen atoms in total. The molecule has 4 heteroatoms. The minimum absolute atomic E-state index is 0.278. The molecule has 1 heterocycles. The minimum atomic E-state index is -0.945. The Balaban J connectivity index is 2.07. The fourth-order valence-electron chi connectivity index (χ4n) is 2.09. The Labute approximate surface area is 101 Å². The Kier molecular flexibility index (Phi) is 3.64. The van der Waals surface area contributed by atoms with Crippen molar-refractivity contribution in [1.29, 1.82) is 0 Å². The summed E-state index contributed by atoms with van der Waals surface area (Å²) in [4.78, 5) is 12.8. The maximum atomic E-state index is 10.4. The largest absolute Gasteiger partial charge is 0.482 e. The minimum Gasteiger partial charge on any atom is -0.482 e. The number of nitrogens with zero attached hydrogens (tertiary/aromatic N) is 1. The van der Waals surface area contributed by atoms with Crippen LogP contribution < -0.4 is 4.74 Å². The SMILES string of the molecule is CCN1CCc2cc(OCC(=O)O)ccc2C1. The normalized spacial score (nSPS) is 15.4. The summed E-state index contributed by atoms with van der Waals surface area (Å²) in [5, 5.41) is 8.55. The van der Waals surface area contributed by atoms with Crippen LogP contribution in [0.15, 0.2) is 18.2 Å². The van der Waals surface area contributed by atoms with Gasteiger partial charge in [0.05, 0.1) is 0 Å². The van der Waals surface area contributed by atoms with Gasteiger partial charge in [0.1, 0.15) is 5.75 Å². The Bertz CT molecular complexity index is 417. The third-order valence-corrected chi connectivity index (χ3v) is 3.08. The molecule has 0 bridgehead atoms. The lowest BCUT2D eigenvalue weighted by atomic mass is 9.99. The molecule has 1 aromatic carbocycles. The lowest BCUT2D eigenvalue weighted by Crippen LogP contribution is -2.30. The zero-order valence-electron chi connectivity index (χ0n) is 9.98. The van der Waals surface area contributed by atoms with E-state index in [1.54, 1.807) is 0 Å². The number of ether oxygens (including phenoxy) is 1. The molecule has 0 amide bonds. The van der Waals surface area contributed by atoms with E-state index >= 15 is 0 Å². The molecule has 0 fully saturated rings. The van der Waals surface area contributed by atoms with Crippen LogP contribution in [0.5, 0.6) is 5.75 Å². The van der Waals surface area contributed by atoms with Crippen molar-refractivity contribution in [3.8, 4) is 5.75 Å². The van der Waals surface area contributed by atoms with Crippen molar-refractivity contribution in [1.82, 2.24) is 4.90 Å². The summed E-state index contributed by atoms with van der Waals surface area (Å²) in [5.74, 6) is -0.295. The highest BCUT2D eigenvalue weighted by atomic mass is 16.5. The molecule has 0 saturated heterocycles. The number of carbonyl (C=O) groups is 1. The molecular formula is C13H17NO3. The molecule has 1 aliphatic rings. The molecule has 0 unspecified atom stereocenters. The third-order valence-electron chi connectivity index (χ3n) is 3.08. The molecule has 0 spiro atoms. The van der Waals surface area contributed by atoms with Gasteiger partial charge in [-0.2, -0.15) is 0 Å². The van der Waals surface area contributed by atoms with Crippen LogP contribution >= 0.6 is 0 Å². The second-order valence-electron chi connectivity index (χ2n) is 4.23. The van der Waals surface area contributed by atoms with Gasteiger partial charge in [-0.1, -0.05) is 13.0 Å². The summed E-state index contributed by atoms with van der Waals surface area (Å²) in [6, 6.07) is 5.85. The topological polar surface area (TPSA) is 49.8 Å². The number of likely N-dealkylation sites (N-methyl/N-ethyl adjacent to an activating group) is 1. The van der Waals surface area contributed by atoms with Gasteiger partial charge >= 0.3 is 5.97 Å². The lowest BCUT2D eigenvalue weighted by molar-refractivity contribution is -0.139. The van der Waals surface area contributed by atoms with Crippen molar-refractivity contribution in [2.45, 2.75) is 19.9 Å². The van der Waals surface area contributed by atoms with Crippen molar-refractivity contribution in [3.63, 3.8) is 0 Å². The van der Waals surface area contributed by atoms with E-state index in [4.69, 9.17) is 9.84 Å². The zero-order valence-corrected chi connectivity index (χ0v) is 9.98. The van der Waals surface area contributed by atoms with Crippen molar-refractivity contribution in [2.75, 3.05) is 19.7 Å². The Morgan fingerprint density at radius 2 is 2.29 bits per heavy atom. The van der Waals surface area contributed by atoms with E-state index in [0.717, 1.165) is 26.1 Å². The summed E-state index contributed by atoms with van der Waals surface area (Å²) in [5.41, 5.74) is 2.60. The lowest BCUT2D eigenvalue weighted by Gasteiger charge is -2.27. The second kappa shape index (κ2) is 5.19. The molecule has 1 aromatic rings. The van der Waals surface area contributed by atoms with Gasteiger partial charge in [-0.25, -0.2) is 4.79 Å². The number of rotatable bonds is 4. The van der Waals surface area contributed by atoms with Crippen molar-refractivity contribution in [2.24, 2.45) is 0 Å². The molecule has 0 aromatic heterocycles. The number of benzene rings is 1. The maximum absolute atomic E-state index is 10.4. The Morgan fingerprint density at radius 1 is 1.47 bits per heavy atom. The number of aliphatic carboxylic acids is 1. The number of carboxylic acid groups (broad SMARTS) is 1. The molecular weight excluding hydrogens is 218 g/mol. The standard InChI is InChI=1S/C13H17NO3/c1-2-14-6-5-10-7-12(17-9-13(15)16)4-3-11(10)8-14/h3-4,7H,2,5-6,8-9H2,1H3,(H,15,16). The van der Waals surface area contributed by atoms with Gasteiger partial charge in [0.15, 0.2) is 6.61 Å². The highest BCUT2D eigenvalue weighted by Gasteiger charge is 2.15. The van der Waals surface area contributed by atoms with Crippen molar-refractivity contribution in [3.05, 3.63) is 29.3 Å². The van der Waals surface area contributed by atoms with E-state index in [2.05, 4.69) is 11.8 Å². The molecule has 0 radical (unpaired) electrons. The summed E-state index contributed by atoms with van der Waals surface area (Å²) in [7, 11) is 0. The fourth-order valence-corrected chi connectivity index (χ4v) is 2.09. The number of fused-ring (bicyclic) bond motifs is 1. The molecule has 92 valence electrons. The Hall–Kier alpha value is -1.55. The molecule has 1 aliphatic heterocycles. The van der Waals surface area contributed by atoms with Crippen LogP contribution in [-0.2, 0) is 17.8 Å². The predicted molar refractivity (Wildman–Crippen MR) is 64.2 cm³/mol. The predicted octanol–water partition coefficient (Wildman–Crippen LogP) is 1.53. The van der Waals surface area contributed by atoms with Gasteiger partial charge in [0.2, 0.25) is 0 Å². The molecule has 17 heavy (non-hydrogen) atoms. The van der Waals surface area contributed by atoms with E-state index in [-0.39, 0.29) is 6.61 Å². The van der Waals surface area contributed by atoms with E-state index in [1.807, 2.05) is 18.2 Å². The zero-order chi connectivity index (χ0) is 12.3. The summed E-state index contributed by atoms with van der Waals surface area (Å²) < 4.78 is 5.17. The average Bonchev–Trinajstić information content (AvgIpc) is 2.35. The maximum Gasteiger partial charge on any atom is 0.341 e. The first kappa shape index (κ1) is 11.9. The van der Waals surface area contributed by atoms with Gasteiger partial charge in [-0.3, -0.25) is 4.90 Å². The third kappa shape index (κ3) is 2.97. The van der Waals surface area contributed by atoms with E-state index in [9.17, 15) is 4.79 Å². The first-order valence-corrected chi connectivity index (χ1v) is 5.88. The van der Waals surface area contributed by atoms with Crippen LogP contribution in [0, 0.1) is 0 Å². The van der Waals surface area contributed by atoms with Crippen LogP contribution in [0.25, 0.3) is 0 Å². The van der Waals surface area contributed by atoms with Crippen LogP contribution in [0.1, 0.15) is 18.1 Å². The van der Waals surface area contributed by atoms with Crippen molar-refractivity contribution < 1.29 is 14.6 Å². The fraction of sp³-hybridized carbons (Fsp3) is 0.462. The first-order chi connectivity index (χ1) is 8.19. The smallest absolute Gasteiger partial charge is 0.341 e. The monoisotopic (exact) mass is 235 g/mol. The highest BCUT2D eigenvalue weighted by Crippen LogP contribution is 2.23. The molecule has 0 aliphatic carbocycles. The van der Waals surface area contributed by atoms with Gasteiger partial charge in [0, 0.05) is 13.1 Å². The van der Waals surface area contributed by atoms with Gasteiger partial charge in [0.25, 0.3) is 0 Å². The number of hydrogen-bond acceptors (Lipinski definition) is 3. The molecule has 0 atom stereocenters. The first-order valence-electron chi connectivity index (χ1n) is 5.88. The van der Waals surface area contributed by atoms with Crippen LogP contribution in [0.3, 0.4) is 0 Å². The summed E-state index contributed by atoms with van der Waals surface area (Å²) in [6.45, 7) is 4.99. The summed E-state index contributed by atoms with van der Waals surface area (Å²) in [6.07, 6.45) is 1.01. The van der Waals surface area contributed by atoms with Gasteiger partial charge in [-0.15, -0.1) is 0 Å². The van der Waals surface area contributed by atoms with Crippen molar-refractivity contribution >= 4 is 5.97 Å². The van der Waals surface area contributed by atoms with E-state index in [0.29, 0.717) is 5.75 Å². The number of hydrogen-bond donors (Lipinski definition) is 1. The second-order valence-corrected chi connectivity index (χ2v) is 4.23. The molecule has 1 N–H and O–H groups in total. The summed E-state index contributed by atoms with van der Waals surface area (Å²) >= 11 is 0. The van der Waals surface area contributed by atoms with Crippen LogP contribution in [0.4, 0.5) is 0 Å². The Morgan fingerprint density at radius 3 is 3.00 bits per heavy atom. The van der Waals surface area contributed by atoms with Crippen LogP contribution in [-0.4, -0.2) is 35.7 Å². The molecule has 0 saturated carbocycles. The molecule has 2 rings (SSSR count). The highest BCUT2D eigenvalue weighted by molar-refractivity contribution is 5.68. The average molecular weight is 235 g/mol. The number of carboxylic acids is 1. The van der Waals surface area contributed by atoms with Gasteiger partial charge in [-0.05, 0) is 36.2 Å².